The molecule has 0 bridgehead atoms. The molecule has 0 amide bonds. The predicted molar refractivity (Wildman–Crippen MR) is 67.4 cm³/mol. The maximum absolute atomic E-state index is 9.13. The molecule has 2 N–H and O–H groups in total. The van der Waals surface area contributed by atoms with Gasteiger partial charge in [0, 0.05) is 18.3 Å². The van der Waals surface area contributed by atoms with E-state index in [9.17, 15) is 0 Å². The standard InChI is InChI=1S/C12H19NOS/c1-3-15-9-10(2)13-8-11-4-6-12(14)7-5-11/h4-7,10,13-14H,3,8-9H2,1-2H3. The van der Waals surface area contributed by atoms with Crippen LogP contribution in [0.2, 0.25) is 0 Å². The molecule has 1 rings (SSSR count). The summed E-state index contributed by atoms with van der Waals surface area (Å²) >= 11 is 1.95. The van der Waals surface area contributed by atoms with Crippen LogP contribution in [0.3, 0.4) is 0 Å². The van der Waals surface area contributed by atoms with Crippen molar-refractivity contribution in [3.63, 3.8) is 0 Å². The third kappa shape index (κ3) is 5.09. The Morgan fingerprint density at radius 3 is 2.60 bits per heavy atom. The summed E-state index contributed by atoms with van der Waals surface area (Å²) in [5.41, 5.74) is 1.21. The Morgan fingerprint density at radius 1 is 1.33 bits per heavy atom. The van der Waals surface area contributed by atoms with Crippen molar-refractivity contribution < 1.29 is 5.11 Å². The fourth-order valence-corrected chi connectivity index (χ4v) is 1.97. The lowest BCUT2D eigenvalue weighted by Gasteiger charge is -2.12. The summed E-state index contributed by atoms with van der Waals surface area (Å²) in [5.74, 6) is 2.65. The number of aromatic hydroxyl groups is 1. The SMILES string of the molecule is CCSCC(C)NCc1ccc(O)cc1. The Kier molecular flexibility index (Phi) is 5.58. The van der Waals surface area contributed by atoms with E-state index < -0.39 is 0 Å². The van der Waals surface area contributed by atoms with Crippen molar-refractivity contribution in [2.24, 2.45) is 0 Å². The average Bonchev–Trinajstić information content (AvgIpc) is 2.25. The van der Waals surface area contributed by atoms with Gasteiger partial charge < -0.3 is 10.4 Å². The summed E-state index contributed by atoms with van der Waals surface area (Å²) in [6.07, 6.45) is 0. The minimum atomic E-state index is 0.327. The van der Waals surface area contributed by atoms with Crippen molar-refractivity contribution >= 4 is 11.8 Å². The zero-order chi connectivity index (χ0) is 11.1. The van der Waals surface area contributed by atoms with Gasteiger partial charge in [-0.25, -0.2) is 0 Å². The first-order chi connectivity index (χ1) is 7.22. The van der Waals surface area contributed by atoms with Gasteiger partial charge in [0.1, 0.15) is 5.75 Å². The Bertz CT molecular complexity index is 273. The van der Waals surface area contributed by atoms with Gasteiger partial charge in [-0.05, 0) is 30.4 Å². The van der Waals surface area contributed by atoms with Crippen LogP contribution in [0.15, 0.2) is 24.3 Å². The van der Waals surface area contributed by atoms with Gasteiger partial charge in [-0.1, -0.05) is 19.1 Å². The van der Waals surface area contributed by atoms with Crippen molar-refractivity contribution in [3.8, 4) is 5.75 Å². The smallest absolute Gasteiger partial charge is 0.115 e. The van der Waals surface area contributed by atoms with Gasteiger partial charge in [0.25, 0.3) is 0 Å². The van der Waals surface area contributed by atoms with Crippen LogP contribution in [-0.2, 0) is 6.54 Å². The Hall–Kier alpha value is -0.670. The molecule has 2 nitrogen and oxygen atoms in total. The van der Waals surface area contributed by atoms with E-state index in [1.54, 1.807) is 12.1 Å². The maximum atomic E-state index is 9.13. The summed E-state index contributed by atoms with van der Waals surface area (Å²) in [4.78, 5) is 0. The third-order valence-corrected chi connectivity index (χ3v) is 3.31. The summed E-state index contributed by atoms with van der Waals surface area (Å²) in [6.45, 7) is 5.24. The number of hydrogen-bond donors (Lipinski definition) is 2. The number of benzene rings is 1. The van der Waals surface area contributed by atoms with Crippen molar-refractivity contribution in [2.75, 3.05) is 11.5 Å². The summed E-state index contributed by atoms with van der Waals surface area (Å²) < 4.78 is 0. The number of thioether (sulfide) groups is 1. The molecule has 1 unspecified atom stereocenters. The molecule has 0 aromatic heterocycles. The molecule has 0 heterocycles. The van der Waals surface area contributed by atoms with Crippen LogP contribution in [0.25, 0.3) is 0 Å². The molecule has 0 aliphatic heterocycles. The highest BCUT2D eigenvalue weighted by atomic mass is 32.2. The molecule has 0 fully saturated rings. The molecule has 1 aromatic rings. The zero-order valence-corrected chi connectivity index (χ0v) is 10.2. The highest BCUT2D eigenvalue weighted by Crippen LogP contribution is 2.09. The lowest BCUT2D eigenvalue weighted by Crippen LogP contribution is -2.27. The van der Waals surface area contributed by atoms with Gasteiger partial charge in [-0.2, -0.15) is 11.8 Å². The number of hydrogen-bond acceptors (Lipinski definition) is 3. The molecule has 0 saturated carbocycles. The molecule has 0 saturated heterocycles. The van der Waals surface area contributed by atoms with E-state index in [2.05, 4.69) is 19.2 Å². The zero-order valence-electron chi connectivity index (χ0n) is 9.36. The summed E-state index contributed by atoms with van der Waals surface area (Å²) in [5, 5.41) is 12.6. The second-order valence-electron chi connectivity index (χ2n) is 3.61. The quantitative estimate of drug-likeness (QED) is 0.780. The molecule has 84 valence electrons. The van der Waals surface area contributed by atoms with Crippen molar-refractivity contribution in [3.05, 3.63) is 29.8 Å². The highest BCUT2D eigenvalue weighted by molar-refractivity contribution is 7.99. The molecular formula is C12H19NOS. The minimum Gasteiger partial charge on any atom is -0.508 e. The van der Waals surface area contributed by atoms with E-state index in [0.29, 0.717) is 11.8 Å². The van der Waals surface area contributed by atoms with Crippen LogP contribution in [0.1, 0.15) is 19.4 Å². The third-order valence-electron chi connectivity index (χ3n) is 2.16. The Morgan fingerprint density at radius 2 is 2.00 bits per heavy atom. The van der Waals surface area contributed by atoms with E-state index in [0.717, 1.165) is 12.3 Å². The maximum Gasteiger partial charge on any atom is 0.115 e. The van der Waals surface area contributed by atoms with Crippen molar-refractivity contribution in [1.29, 1.82) is 0 Å². The van der Waals surface area contributed by atoms with E-state index >= 15 is 0 Å². The van der Waals surface area contributed by atoms with Crippen molar-refractivity contribution in [1.82, 2.24) is 5.32 Å². The second-order valence-corrected chi connectivity index (χ2v) is 4.93. The van der Waals surface area contributed by atoms with Crippen LogP contribution in [0.4, 0.5) is 0 Å². The summed E-state index contributed by atoms with van der Waals surface area (Å²) in [6, 6.07) is 7.87. The largest absolute Gasteiger partial charge is 0.508 e. The first-order valence-corrected chi connectivity index (χ1v) is 6.47. The van der Waals surface area contributed by atoms with Crippen molar-refractivity contribution in [2.45, 2.75) is 26.4 Å². The fraction of sp³-hybridized carbons (Fsp3) is 0.500. The molecule has 0 aliphatic rings. The minimum absolute atomic E-state index is 0.327. The van der Waals surface area contributed by atoms with Gasteiger partial charge in [0.15, 0.2) is 0 Å². The van der Waals surface area contributed by atoms with Crippen LogP contribution in [-0.4, -0.2) is 22.7 Å². The molecule has 15 heavy (non-hydrogen) atoms. The lowest BCUT2D eigenvalue weighted by atomic mass is 10.2. The van der Waals surface area contributed by atoms with Crippen LogP contribution in [0, 0.1) is 0 Å². The monoisotopic (exact) mass is 225 g/mol. The van der Waals surface area contributed by atoms with Crippen LogP contribution >= 0.6 is 11.8 Å². The first-order valence-electron chi connectivity index (χ1n) is 5.31. The molecule has 1 aromatic carbocycles. The molecule has 0 aliphatic carbocycles. The number of rotatable bonds is 6. The van der Waals surface area contributed by atoms with Gasteiger partial charge in [-0.3, -0.25) is 0 Å². The molecule has 1 atom stereocenters. The van der Waals surface area contributed by atoms with E-state index in [-0.39, 0.29) is 0 Å². The predicted octanol–water partition coefficient (Wildman–Crippen LogP) is 2.62. The molecular weight excluding hydrogens is 206 g/mol. The van der Waals surface area contributed by atoms with Crippen LogP contribution in [0.5, 0.6) is 5.75 Å². The molecule has 0 spiro atoms. The highest BCUT2D eigenvalue weighted by Gasteiger charge is 2.00. The average molecular weight is 225 g/mol. The normalized spacial score (nSPS) is 12.7. The van der Waals surface area contributed by atoms with Gasteiger partial charge >= 0.3 is 0 Å². The Labute approximate surface area is 96.1 Å². The van der Waals surface area contributed by atoms with Gasteiger partial charge in [0.05, 0.1) is 0 Å². The van der Waals surface area contributed by atoms with Gasteiger partial charge in [0.2, 0.25) is 0 Å². The number of nitrogens with one attached hydrogen (secondary N) is 1. The fourth-order valence-electron chi connectivity index (χ4n) is 1.26. The summed E-state index contributed by atoms with van der Waals surface area (Å²) in [7, 11) is 0. The van der Waals surface area contributed by atoms with Crippen LogP contribution < -0.4 is 5.32 Å². The number of phenols is 1. The molecule has 3 heteroatoms. The Balaban J connectivity index is 2.27. The lowest BCUT2D eigenvalue weighted by molar-refractivity contribution is 0.475. The first kappa shape index (κ1) is 12.4. The van der Waals surface area contributed by atoms with E-state index in [1.165, 1.54) is 11.3 Å². The van der Waals surface area contributed by atoms with E-state index in [4.69, 9.17) is 5.11 Å². The van der Waals surface area contributed by atoms with E-state index in [1.807, 2.05) is 23.9 Å². The molecule has 0 radical (unpaired) electrons. The number of phenolic OH excluding ortho intramolecular Hbond substituents is 1. The topological polar surface area (TPSA) is 32.3 Å². The second kappa shape index (κ2) is 6.75. The van der Waals surface area contributed by atoms with Gasteiger partial charge in [-0.15, -0.1) is 0 Å².